The standard InChI is InChI=1S/C37H43N11O7.ClH/c1-45-19-22(13-27(45)34(50)40-9-7-32(38)39)43-36(52)29-14-23(20-47(29)3)44-35(51)28-12-21(18-46(28)2)42-33(49)8-11-55-31-16-26-25(15-30(31)54-4)37(53)48-10-5-6-24(48)17-41-26;/h12-20,24H,5-11H2,1-4H3,(H3,38,39)(H,40,50)(H,42,49)(H,43,52)(H,44,51);1H/t24-;/m0./s1. The van der Waals surface area contributed by atoms with Crippen LogP contribution in [-0.4, -0.2) is 93.0 Å². The number of amidine groups is 1. The molecule has 2 aliphatic rings. The molecular formula is C37H44ClN11O7. The number of benzene rings is 1. The number of nitrogens with two attached hydrogens (primary N) is 1. The Balaban J connectivity index is 0.00000600. The van der Waals surface area contributed by atoms with E-state index in [-0.39, 0.29) is 79.4 Å². The summed E-state index contributed by atoms with van der Waals surface area (Å²) < 4.78 is 16.1. The third kappa shape index (κ3) is 9.03. The van der Waals surface area contributed by atoms with Crippen LogP contribution in [0.5, 0.6) is 11.5 Å². The van der Waals surface area contributed by atoms with Crippen LogP contribution in [0.25, 0.3) is 0 Å². The highest BCUT2D eigenvalue weighted by Crippen LogP contribution is 2.38. The molecule has 1 fully saturated rings. The SMILES string of the molecule is COc1cc2c(cc1OCCC(=O)Nc1cc(C(=O)Nc3cc(C(=O)Nc4cc(C(=O)NCCC(=N)N)n(C)c4)n(C)c3)n(C)c1)N=C[C@@H]1CCCN1C2=O.Cl. The van der Waals surface area contributed by atoms with E-state index in [1.54, 1.807) is 71.8 Å². The van der Waals surface area contributed by atoms with E-state index in [0.29, 0.717) is 52.1 Å². The molecule has 4 aromatic rings. The summed E-state index contributed by atoms with van der Waals surface area (Å²) in [5.41, 5.74) is 8.23. The van der Waals surface area contributed by atoms with E-state index in [1.165, 1.54) is 25.3 Å². The highest BCUT2D eigenvalue weighted by atomic mass is 35.5. The molecule has 18 nitrogen and oxygen atoms in total. The fraction of sp³-hybridized carbons (Fsp3) is 0.324. The van der Waals surface area contributed by atoms with Gasteiger partial charge in [-0.2, -0.15) is 0 Å². The number of aliphatic imine (C=N–C) groups is 1. The van der Waals surface area contributed by atoms with Gasteiger partial charge in [-0.1, -0.05) is 0 Å². The quantitative estimate of drug-likeness (QED) is 0.0817. The fourth-order valence-electron chi connectivity index (χ4n) is 6.46. The zero-order valence-electron chi connectivity index (χ0n) is 31.3. The minimum Gasteiger partial charge on any atom is -0.493 e. The van der Waals surface area contributed by atoms with Crippen molar-refractivity contribution in [3.05, 3.63) is 71.6 Å². The van der Waals surface area contributed by atoms with Gasteiger partial charge in [-0.05, 0) is 37.1 Å². The van der Waals surface area contributed by atoms with Gasteiger partial charge in [0.1, 0.15) is 17.1 Å². The molecule has 1 atom stereocenters. The molecule has 0 aliphatic carbocycles. The average Bonchev–Trinajstić information content (AvgIpc) is 3.91. The first-order valence-electron chi connectivity index (χ1n) is 17.5. The molecule has 0 saturated carbocycles. The van der Waals surface area contributed by atoms with E-state index in [1.807, 2.05) is 4.90 Å². The van der Waals surface area contributed by atoms with Crippen LogP contribution in [0.2, 0.25) is 0 Å². The third-order valence-corrected chi connectivity index (χ3v) is 9.24. The van der Waals surface area contributed by atoms with Crippen LogP contribution in [0.4, 0.5) is 22.7 Å². The Labute approximate surface area is 328 Å². The second-order valence-electron chi connectivity index (χ2n) is 13.3. The molecule has 56 heavy (non-hydrogen) atoms. The van der Waals surface area contributed by atoms with Crippen molar-refractivity contribution in [2.75, 3.05) is 42.8 Å². The summed E-state index contributed by atoms with van der Waals surface area (Å²) in [6.45, 7) is 0.906. The number of nitrogens with one attached hydrogen (secondary N) is 5. The van der Waals surface area contributed by atoms with Gasteiger partial charge in [-0.25, -0.2) is 0 Å². The lowest BCUT2D eigenvalue weighted by molar-refractivity contribution is -0.116. The van der Waals surface area contributed by atoms with Crippen molar-refractivity contribution >= 4 is 76.7 Å². The predicted octanol–water partition coefficient (Wildman–Crippen LogP) is 3.42. The molecule has 3 aromatic heterocycles. The Kier molecular flexibility index (Phi) is 12.5. The summed E-state index contributed by atoms with van der Waals surface area (Å²) in [5.74, 6) is -1.07. The minimum absolute atomic E-state index is 0. The molecule has 0 unspecified atom stereocenters. The van der Waals surface area contributed by atoms with Crippen molar-refractivity contribution in [3.63, 3.8) is 0 Å². The molecule has 0 spiro atoms. The number of hydrogen-bond acceptors (Lipinski definition) is 9. The number of anilines is 3. The van der Waals surface area contributed by atoms with Gasteiger partial charge in [0, 0.05) is 71.5 Å². The Hall–Kier alpha value is -6.56. The normalized spacial score (nSPS) is 14.2. The first kappa shape index (κ1) is 40.6. The molecule has 0 bridgehead atoms. The molecule has 7 N–H and O–H groups in total. The maximum absolute atomic E-state index is 13.2. The molecule has 0 radical (unpaired) electrons. The number of hydrogen-bond donors (Lipinski definition) is 6. The summed E-state index contributed by atoms with van der Waals surface area (Å²) in [5, 5.41) is 18.3. The second-order valence-corrected chi connectivity index (χ2v) is 13.3. The monoisotopic (exact) mass is 789 g/mol. The van der Waals surface area contributed by atoms with Crippen molar-refractivity contribution in [2.45, 2.75) is 31.7 Å². The van der Waals surface area contributed by atoms with E-state index >= 15 is 0 Å². The Bertz CT molecular complexity index is 2220. The number of methoxy groups -OCH3 is 1. The van der Waals surface area contributed by atoms with Crippen LogP contribution in [0.15, 0.2) is 53.9 Å². The van der Waals surface area contributed by atoms with Crippen molar-refractivity contribution in [3.8, 4) is 11.5 Å². The van der Waals surface area contributed by atoms with Gasteiger partial charge in [0.2, 0.25) is 5.91 Å². The number of nitrogens with zero attached hydrogens (tertiary/aromatic N) is 5. The van der Waals surface area contributed by atoms with E-state index in [4.69, 9.17) is 20.6 Å². The lowest BCUT2D eigenvalue weighted by atomic mass is 10.1. The zero-order chi connectivity index (χ0) is 39.4. The van der Waals surface area contributed by atoms with Crippen molar-refractivity contribution in [1.29, 1.82) is 5.41 Å². The first-order chi connectivity index (χ1) is 26.3. The van der Waals surface area contributed by atoms with Gasteiger partial charge < -0.3 is 55.1 Å². The summed E-state index contributed by atoms with van der Waals surface area (Å²) in [7, 11) is 6.47. The number of ether oxygens (including phenoxy) is 2. The molecular weight excluding hydrogens is 746 g/mol. The van der Waals surface area contributed by atoms with E-state index < -0.39 is 11.8 Å². The summed E-state index contributed by atoms with van der Waals surface area (Å²) in [4.78, 5) is 71.2. The number of amides is 5. The topological polar surface area (TPSA) is 232 Å². The molecule has 1 aromatic carbocycles. The summed E-state index contributed by atoms with van der Waals surface area (Å²) in [6.07, 6.45) is 8.59. The number of rotatable bonds is 14. The van der Waals surface area contributed by atoms with Crippen LogP contribution >= 0.6 is 12.4 Å². The number of aromatic nitrogens is 3. The van der Waals surface area contributed by atoms with Gasteiger partial charge in [0.05, 0.1) is 60.3 Å². The van der Waals surface area contributed by atoms with Crippen molar-refractivity contribution < 1.29 is 33.4 Å². The van der Waals surface area contributed by atoms with Crippen LogP contribution in [0, 0.1) is 5.41 Å². The average molecular weight is 790 g/mol. The van der Waals surface area contributed by atoms with Gasteiger partial charge in [0.15, 0.2) is 11.5 Å². The number of carbonyl (C=O) groups is 5. The molecule has 5 heterocycles. The molecule has 1 saturated heterocycles. The Morgan fingerprint density at radius 3 is 1.98 bits per heavy atom. The molecule has 19 heteroatoms. The van der Waals surface area contributed by atoms with Crippen LogP contribution in [-0.2, 0) is 25.9 Å². The maximum Gasteiger partial charge on any atom is 0.272 e. The highest BCUT2D eigenvalue weighted by molar-refractivity contribution is 6.08. The fourth-order valence-corrected chi connectivity index (χ4v) is 6.46. The van der Waals surface area contributed by atoms with Gasteiger partial charge in [-0.15, -0.1) is 12.4 Å². The van der Waals surface area contributed by atoms with Crippen molar-refractivity contribution in [1.82, 2.24) is 23.9 Å². The van der Waals surface area contributed by atoms with Crippen LogP contribution in [0.1, 0.15) is 67.5 Å². The molecule has 296 valence electrons. The number of aryl methyl sites for hydroxylation is 3. The largest absolute Gasteiger partial charge is 0.493 e. The third-order valence-electron chi connectivity index (χ3n) is 9.24. The lowest BCUT2D eigenvalue weighted by Crippen LogP contribution is -2.35. The smallest absolute Gasteiger partial charge is 0.272 e. The number of fused-ring (bicyclic) bond motifs is 2. The maximum atomic E-state index is 13.2. The first-order valence-corrected chi connectivity index (χ1v) is 17.5. The van der Waals surface area contributed by atoms with E-state index in [9.17, 15) is 24.0 Å². The second kappa shape index (κ2) is 17.3. The van der Waals surface area contributed by atoms with Gasteiger partial charge in [0.25, 0.3) is 23.6 Å². The Morgan fingerprint density at radius 1 is 0.839 bits per heavy atom. The molecule has 6 rings (SSSR count). The molecule has 2 aliphatic heterocycles. The zero-order valence-corrected chi connectivity index (χ0v) is 32.1. The highest BCUT2D eigenvalue weighted by Gasteiger charge is 2.32. The van der Waals surface area contributed by atoms with Gasteiger partial charge in [-0.3, -0.25) is 34.4 Å². The summed E-state index contributed by atoms with van der Waals surface area (Å²) >= 11 is 0. The number of carbonyl (C=O) groups excluding carboxylic acids is 5. The van der Waals surface area contributed by atoms with E-state index in [0.717, 1.165) is 12.8 Å². The predicted molar refractivity (Wildman–Crippen MR) is 212 cm³/mol. The van der Waals surface area contributed by atoms with E-state index in [2.05, 4.69) is 26.3 Å². The number of halogens is 1. The Morgan fingerprint density at radius 2 is 1.41 bits per heavy atom. The van der Waals surface area contributed by atoms with Crippen molar-refractivity contribution in [2.24, 2.45) is 31.9 Å². The summed E-state index contributed by atoms with van der Waals surface area (Å²) in [6, 6.07) is 7.82. The lowest BCUT2D eigenvalue weighted by Gasteiger charge is -2.20. The molecule has 5 amide bonds. The minimum atomic E-state index is -0.468. The van der Waals surface area contributed by atoms with Crippen LogP contribution in [0.3, 0.4) is 0 Å². The van der Waals surface area contributed by atoms with Gasteiger partial charge >= 0.3 is 0 Å². The van der Waals surface area contributed by atoms with Crippen LogP contribution < -0.4 is 36.5 Å².